The number of piperazine rings is 1. The Bertz CT molecular complexity index is 874. The van der Waals surface area contributed by atoms with Crippen molar-refractivity contribution in [2.24, 2.45) is 11.8 Å². The minimum absolute atomic E-state index is 0.0529. The van der Waals surface area contributed by atoms with E-state index in [4.69, 9.17) is 9.97 Å². The van der Waals surface area contributed by atoms with Gasteiger partial charge < -0.3 is 15.3 Å². The number of rotatable bonds is 7. The molecule has 7 heteroatoms. The van der Waals surface area contributed by atoms with Crippen LogP contribution in [0.15, 0.2) is 6.07 Å². The first kappa shape index (κ1) is 28.3. The predicted octanol–water partition coefficient (Wildman–Crippen LogP) is 4.64. The number of aromatic nitrogens is 2. The zero-order valence-corrected chi connectivity index (χ0v) is 24.0. The number of hydrogen-bond donors (Lipinski definition) is 2. The largest absolute Gasteiger partial charge is 0.393 e. The highest BCUT2D eigenvalue weighted by atomic mass is 16.3. The van der Waals surface area contributed by atoms with Crippen LogP contribution in [0.2, 0.25) is 0 Å². The Hall–Kier alpha value is -1.73. The third kappa shape index (κ3) is 7.89. The second kappa shape index (κ2) is 12.4. The van der Waals surface area contributed by atoms with E-state index >= 15 is 0 Å². The standard InChI is InChI=1S/C30H51N5O2/c1-21(2)26-20-27(33-29(32-26)30(3,4)5)35-18-16-34(17-19-35)15-14-22-6-10-24(11-7-22)31-28(37)23-8-12-25(36)13-9-23/h20-25,36H,6-19H2,1-5H3,(H,31,37)/t22-,23-,24-,25-. The Morgan fingerprint density at radius 2 is 1.65 bits per heavy atom. The van der Waals surface area contributed by atoms with Crippen LogP contribution in [0.3, 0.4) is 0 Å². The number of hydrogen-bond acceptors (Lipinski definition) is 6. The maximum atomic E-state index is 12.6. The summed E-state index contributed by atoms with van der Waals surface area (Å²) in [5.74, 6) is 3.55. The number of carbonyl (C=O) groups is 1. The summed E-state index contributed by atoms with van der Waals surface area (Å²) in [5.41, 5.74) is 1.09. The average Bonchev–Trinajstić information content (AvgIpc) is 2.88. The van der Waals surface area contributed by atoms with Crippen LogP contribution in [0.25, 0.3) is 0 Å². The molecule has 2 saturated carbocycles. The third-order valence-electron chi connectivity index (χ3n) is 8.81. The summed E-state index contributed by atoms with van der Waals surface area (Å²) in [7, 11) is 0. The van der Waals surface area contributed by atoms with Gasteiger partial charge >= 0.3 is 0 Å². The van der Waals surface area contributed by atoms with Gasteiger partial charge in [0.05, 0.1) is 6.10 Å². The molecule has 0 bridgehead atoms. The fraction of sp³-hybridized carbons (Fsp3) is 0.833. The zero-order chi connectivity index (χ0) is 26.6. The fourth-order valence-electron chi connectivity index (χ4n) is 6.06. The van der Waals surface area contributed by atoms with Crippen LogP contribution >= 0.6 is 0 Å². The van der Waals surface area contributed by atoms with Crippen LogP contribution < -0.4 is 10.2 Å². The van der Waals surface area contributed by atoms with Crippen molar-refractivity contribution in [1.29, 1.82) is 0 Å². The molecule has 4 rings (SSSR count). The smallest absolute Gasteiger partial charge is 0.223 e. The van der Waals surface area contributed by atoms with Crippen LogP contribution in [0.4, 0.5) is 5.82 Å². The zero-order valence-electron chi connectivity index (χ0n) is 24.0. The molecule has 0 unspecified atom stereocenters. The van der Waals surface area contributed by atoms with Crippen LogP contribution in [0.1, 0.15) is 110 Å². The highest BCUT2D eigenvalue weighted by molar-refractivity contribution is 5.79. The van der Waals surface area contributed by atoms with Gasteiger partial charge in [-0.2, -0.15) is 0 Å². The summed E-state index contributed by atoms with van der Waals surface area (Å²) < 4.78 is 0. The van der Waals surface area contributed by atoms with E-state index in [1.54, 1.807) is 0 Å². The van der Waals surface area contributed by atoms with Gasteiger partial charge in [-0.1, -0.05) is 34.6 Å². The molecule has 3 fully saturated rings. The number of nitrogens with one attached hydrogen (secondary N) is 1. The van der Waals surface area contributed by atoms with E-state index in [9.17, 15) is 9.90 Å². The van der Waals surface area contributed by atoms with Crippen LogP contribution in [0.5, 0.6) is 0 Å². The van der Waals surface area contributed by atoms with E-state index in [2.05, 4.69) is 55.8 Å². The van der Waals surface area contributed by atoms with Crippen LogP contribution in [-0.2, 0) is 10.2 Å². The van der Waals surface area contributed by atoms with Gasteiger partial charge in [0, 0.05) is 55.3 Å². The number of amides is 1. The van der Waals surface area contributed by atoms with E-state index in [-0.39, 0.29) is 23.3 Å². The molecule has 2 N–H and O–H groups in total. The fourth-order valence-corrected chi connectivity index (χ4v) is 6.06. The lowest BCUT2D eigenvalue weighted by Crippen LogP contribution is -2.47. The first-order chi connectivity index (χ1) is 17.6. The molecule has 0 spiro atoms. The number of anilines is 1. The summed E-state index contributed by atoms with van der Waals surface area (Å²) in [4.78, 5) is 27.5. The summed E-state index contributed by atoms with van der Waals surface area (Å²) in [6.07, 6.45) is 8.96. The van der Waals surface area contributed by atoms with Gasteiger partial charge in [0.1, 0.15) is 11.6 Å². The molecule has 1 aliphatic heterocycles. The molecule has 0 aromatic carbocycles. The molecule has 0 radical (unpaired) electrons. The molecule has 2 aliphatic carbocycles. The molecular weight excluding hydrogens is 462 g/mol. The number of aliphatic hydroxyl groups excluding tert-OH is 1. The Labute approximate surface area is 224 Å². The van der Waals surface area contributed by atoms with Crippen molar-refractivity contribution in [1.82, 2.24) is 20.2 Å². The first-order valence-electron chi connectivity index (χ1n) is 14.9. The van der Waals surface area contributed by atoms with Gasteiger partial charge in [-0.05, 0) is 76.2 Å². The second-order valence-corrected chi connectivity index (χ2v) is 13.2. The van der Waals surface area contributed by atoms with Crippen molar-refractivity contribution in [3.8, 4) is 0 Å². The van der Waals surface area contributed by atoms with Gasteiger partial charge in [-0.15, -0.1) is 0 Å². The molecule has 37 heavy (non-hydrogen) atoms. The van der Waals surface area contributed by atoms with Crippen LogP contribution in [0, 0.1) is 11.8 Å². The maximum absolute atomic E-state index is 12.6. The molecule has 1 saturated heterocycles. The average molecular weight is 514 g/mol. The van der Waals surface area contributed by atoms with Gasteiger partial charge in [0.25, 0.3) is 0 Å². The van der Waals surface area contributed by atoms with E-state index in [0.29, 0.717) is 12.0 Å². The Morgan fingerprint density at radius 1 is 1.00 bits per heavy atom. The van der Waals surface area contributed by atoms with Crippen molar-refractivity contribution < 1.29 is 9.90 Å². The van der Waals surface area contributed by atoms with Gasteiger partial charge in [-0.25, -0.2) is 9.97 Å². The van der Waals surface area contributed by atoms with Crippen LogP contribution in [-0.4, -0.2) is 70.8 Å². The quantitative estimate of drug-likeness (QED) is 0.553. The first-order valence-corrected chi connectivity index (χ1v) is 14.9. The molecule has 0 atom stereocenters. The summed E-state index contributed by atoms with van der Waals surface area (Å²) in [6, 6.07) is 2.55. The lowest BCUT2D eigenvalue weighted by Gasteiger charge is -2.37. The molecule has 1 aromatic heterocycles. The molecule has 3 aliphatic rings. The normalized spacial score (nSPS) is 27.9. The molecule has 1 aromatic rings. The van der Waals surface area contributed by atoms with E-state index in [1.807, 2.05) is 0 Å². The van der Waals surface area contributed by atoms with Crippen molar-refractivity contribution in [2.45, 2.75) is 116 Å². The topological polar surface area (TPSA) is 81.6 Å². The Balaban J connectivity index is 1.18. The SMILES string of the molecule is CC(C)c1cc(N2CCN(CC[C@H]3CC[C@H](NC(=O)[C@H]4CC[C@H](O)CC4)CC3)CC2)nc(C(C)(C)C)n1. The molecule has 1 amide bonds. The van der Waals surface area contributed by atoms with Crippen molar-refractivity contribution in [3.63, 3.8) is 0 Å². The van der Waals surface area contributed by atoms with Gasteiger partial charge in [0.2, 0.25) is 5.91 Å². The highest BCUT2D eigenvalue weighted by Crippen LogP contribution is 2.30. The van der Waals surface area contributed by atoms with Crippen molar-refractivity contribution in [2.75, 3.05) is 37.6 Å². The Morgan fingerprint density at radius 3 is 2.24 bits per heavy atom. The monoisotopic (exact) mass is 513 g/mol. The van der Waals surface area contributed by atoms with Crippen molar-refractivity contribution >= 4 is 11.7 Å². The second-order valence-electron chi connectivity index (χ2n) is 13.2. The minimum Gasteiger partial charge on any atom is -0.393 e. The van der Waals surface area contributed by atoms with E-state index in [0.717, 1.165) is 88.0 Å². The number of carbonyl (C=O) groups excluding carboxylic acids is 1. The molecule has 208 valence electrons. The van der Waals surface area contributed by atoms with Crippen molar-refractivity contribution in [3.05, 3.63) is 17.6 Å². The molecule has 2 heterocycles. The third-order valence-corrected chi connectivity index (χ3v) is 8.81. The van der Waals surface area contributed by atoms with E-state index < -0.39 is 0 Å². The Kier molecular flexibility index (Phi) is 9.49. The number of aliphatic hydroxyl groups is 1. The van der Waals surface area contributed by atoms with E-state index in [1.165, 1.54) is 25.8 Å². The summed E-state index contributed by atoms with van der Waals surface area (Å²) >= 11 is 0. The summed E-state index contributed by atoms with van der Waals surface area (Å²) in [6.45, 7) is 16.4. The summed E-state index contributed by atoms with van der Waals surface area (Å²) in [5, 5.41) is 13.0. The van der Waals surface area contributed by atoms with Gasteiger partial charge in [0.15, 0.2) is 0 Å². The highest BCUT2D eigenvalue weighted by Gasteiger charge is 2.29. The number of nitrogens with zero attached hydrogens (tertiary/aromatic N) is 4. The maximum Gasteiger partial charge on any atom is 0.223 e. The predicted molar refractivity (Wildman–Crippen MR) is 150 cm³/mol. The van der Waals surface area contributed by atoms with Gasteiger partial charge in [-0.3, -0.25) is 9.69 Å². The minimum atomic E-state index is -0.200. The lowest BCUT2D eigenvalue weighted by molar-refractivity contribution is -0.127. The molecule has 7 nitrogen and oxygen atoms in total. The molecular formula is C30H51N5O2. The lowest BCUT2D eigenvalue weighted by atomic mass is 9.83.